The van der Waals surface area contributed by atoms with Crippen LogP contribution in [0.25, 0.3) is 5.69 Å². The van der Waals surface area contributed by atoms with E-state index in [0.717, 1.165) is 38.2 Å². The third-order valence-corrected chi connectivity index (χ3v) is 3.81. The molecule has 1 saturated heterocycles. The van der Waals surface area contributed by atoms with Gasteiger partial charge in [0.05, 0.1) is 17.5 Å². The number of β-amino-alcohol motifs (C(OH)–C–C–N with tert-alkyl or cyclic N) is 1. The lowest BCUT2D eigenvalue weighted by molar-refractivity contribution is -0.106. The fraction of sp³-hybridized carbons (Fsp3) is 0.438. The third kappa shape index (κ3) is 2.76. The smallest absolute Gasteiger partial charge is 0.0900 e. The second-order valence-electron chi connectivity index (χ2n) is 5.75. The molecule has 0 aliphatic carbocycles. The van der Waals surface area contributed by atoms with E-state index in [2.05, 4.69) is 23.1 Å². The number of hydrogen-bond acceptors (Lipinski definition) is 3. The van der Waals surface area contributed by atoms with Crippen LogP contribution in [0.2, 0.25) is 0 Å². The largest absolute Gasteiger partial charge is 0.387 e. The van der Waals surface area contributed by atoms with E-state index in [1.807, 2.05) is 41.2 Å². The van der Waals surface area contributed by atoms with Gasteiger partial charge in [0.1, 0.15) is 0 Å². The molecule has 4 nitrogen and oxygen atoms in total. The average Bonchev–Trinajstić information content (AvgIpc) is 2.87. The highest BCUT2D eigenvalue weighted by atomic mass is 16.3. The molecule has 2 heterocycles. The zero-order valence-electron chi connectivity index (χ0n) is 11.9. The highest BCUT2D eigenvalue weighted by molar-refractivity contribution is 5.30. The summed E-state index contributed by atoms with van der Waals surface area (Å²) in [7, 11) is 0. The molecule has 0 spiro atoms. The van der Waals surface area contributed by atoms with Gasteiger partial charge in [-0.25, -0.2) is 4.68 Å². The standard InChI is InChI=1S/C16H21N3O/c1-2-8-16(20)12-18(13-16)10-14-9-17-19(11-14)15-6-4-3-5-7-15/h3-7,9,11,20H,2,8,10,12-13H2,1H3. The summed E-state index contributed by atoms with van der Waals surface area (Å²) in [5, 5.41) is 14.6. The molecule has 0 atom stereocenters. The molecule has 0 radical (unpaired) electrons. The van der Waals surface area contributed by atoms with Crippen molar-refractivity contribution in [3.63, 3.8) is 0 Å². The van der Waals surface area contributed by atoms with Gasteiger partial charge in [0.2, 0.25) is 0 Å². The SMILES string of the molecule is CCCC1(O)CN(Cc2cnn(-c3ccccc3)c2)C1. The number of aliphatic hydroxyl groups is 1. The van der Waals surface area contributed by atoms with E-state index in [4.69, 9.17) is 0 Å². The molecular formula is C16H21N3O. The number of hydrogen-bond donors (Lipinski definition) is 1. The van der Waals surface area contributed by atoms with E-state index in [0.29, 0.717) is 0 Å². The minimum absolute atomic E-state index is 0.454. The Hall–Kier alpha value is -1.65. The fourth-order valence-electron chi connectivity index (χ4n) is 2.94. The van der Waals surface area contributed by atoms with Gasteiger partial charge >= 0.3 is 0 Å². The molecule has 1 aliphatic heterocycles. The van der Waals surface area contributed by atoms with Crippen LogP contribution < -0.4 is 0 Å². The van der Waals surface area contributed by atoms with Crippen molar-refractivity contribution in [2.75, 3.05) is 13.1 Å². The first kappa shape index (κ1) is 13.3. The molecule has 1 fully saturated rings. The van der Waals surface area contributed by atoms with Crippen LogP contribution in [0.1, 0.15) is 25.3 Å². The summed E-state index contributed by atoms with van der Waals surface area (Å²) in [5.41, 5.74) is 1.81. The summed E-state index contributed by atoms with van der Waals surface area (Å²) in [5.74, 6) is 0. The van der Waals surface area contributed by atoms with Gasteiger partial charge in [0, 0.05) is 31.4 Å². The van der Waals surface area contributed by atoms with E-state index in [9.17, 15) is 5.11 Å². The van der Waals surface area contributed by atoms with Crippen LogP contribution in [0.5, 0.6) is 0 Å². The lowest BCUT2D eigenvalue weighted by atomic mass is 9.89. The number of para-hydroxylation sites is 1. The van der Waals surface area contributed by atoms with Gasteiger partial charge in [0.15, 0.2) is 0 Å². The van der Waals surface area contributed by atoms with Crippen molar-refractivity contribution < 1.29 is 5.11 Å². The Morgan fingerprint density at radius 3 is 2.70 bits per heavy atom. The van der Waals surface area contributed by atoms with Crippen molar-refractivity contribution in [3.05, 3.63) is 48.3 Å². The molecule has 3 rings (SSSR count). The normalized spacial score (nSPS) is 17.9. The maximum absolute atomic E-state index is 10.2. The zero-order chi connectivity index (χ0) is 14.0. The molecule has 1 aromatic carbocycles. The monoisotopic (exact) mass is 271 g/mol. The number of nitrogens with zero attached hydrogens (tertiary/aromatic N) is 3. The van der Waals surface area contributed by atoms with E-state index in [1.54, 1.807) is 0 Å². The lowest BCUT2D eigenvalue weighted by Crippen LogP contribution is -2.60. The van der Waals surface area contributed by atoms with Crippen LogP contribution >= 0.6 is 0 Å². The van der Waals surface area contributed by atoms with Crippen molar-refractivity contribution in [2.24, 2.45) is 0 Å². The number of rotatable bonds is 5. The van der Waals surface area contributed by atoms with Crippen molar-refractivity contribution in [1.82, 2.24) is 14.7 Å². The van der Waals surface area contributed by atoms with Gasteiger partial charge in [-0.15, -0.1) is 0 Å². The molecule has 0 unspecified atom stereocenters. The van der Waals surface area contributed by atoms with Gasteiger partial charge in [-0.05, 0) is 18.6 Å². The Bertz CT molecular complexity index is 558. The molecule has 106 valence electrons. The minimum Gasteiger partial charge on any atom is -0.387 e. The quantitative estimate of drug-likeness (QED) is 0.906. The Morgan fingerprint density at radius 1 is 1.25 bits per heavy atom. The fourth-order valence-corrected chi connectivity index (χ4v) is 2.94. The van der Waals surface area contributed by atoms with Gasteiger partial charge in [-0.3, -0.25) is 4.90 Å². The van der Waals surface area contributed by atoms with Crippen LogP contribution in [0.4, 0.5) is 0 Å². The summed E-state index contributed by atoms with van der Waals surface area (Å²) in [6, 6.07) is 10.1. The first-order valence-corrected chi connectivity index (χ1v) is 7.22. The van der Waals surface area contributed by atoms with E-state index < -0.39 is 5.60 Å². The van der Waals surface area contributed by atoms with Crippen molar-refractivity contribution in [3.8, 4) is 5.69 Å². The molecule has 1 N–H and O–H groups in total. The molecule has 20 heavy (non-hydrogen) atoms. The van der Waals surface area contributed by atoms with Crippen molar-refractivity contribution >= 4 is 0 Å². The van der Waals surface area contributed by atoms with Gasteiger partial charge in [-0.2, -0.15) is 5.10 Å². The Labute approximate surface area is 119 Å². The summed E-state index contributed by atoms with van der Waals surface area (Å²) >= 11 is 0. The number of benzene rings is 1. The van der Waals surface area contributed by atoms with Crippen LogP contribution in [-0.4, -0.2) is 38.5 Å². The summed E-state index contributed by atoms with van der Waals surface area (Å²) in [6.45, 7) is 4.53. The molecule has 2 aromatic rings. The summed E-state index contributed by atoms with van der Waals surface area (Å²) in [6.07, 6.45) is 5.90. The van der Waals surface area contributed by atoms with Crippen molar-refractivity contribution in [1.29, 1.82) is 0 Å². The van der Waals surface area contributed by atoms with Crippen LogP contribution in [0.3, 0.4) is 0 Å². The van der Waals surface area contributed by atoms with E-state index >= 15 is 0 Å². The van der Waals surface area contributed by atoms with E-state index in [1.165, 1.54) is 5.56 Å². The maximum Gasteiger partial charge on any atom is 0.0900 e. The molecule has 1 aromatic heterocycles. The molecule has 0 saturated carbocycles. The van der Waals surface area contributed by atoms with Gasteiger partial charge < -0.3 is 5.11 Å². The topological polar surface area (TPSA) is 41.3 Å². The number of aromatic nitrogens is 2. The Kier molecular flexibility index (Phi) is 3.59. The molecule has 4 heteroatoms. The van der Waals surface area contributed by atoms with Crippen LogP contribution in [0.15, 0.2) is 42.7 Å². The average molecular weight is 271 g/mol. The van der Waals surface area contributed by atoms with Crippen LogP contribution in [-0.2, 0) is 6.54 Å². The molecule has 0 amide bonds. The van der Waals surface area contributed by atoms with Gasteiger partial charge in [0.25, 0.3) is 0 Å². The first-order valence-electron chi connectivity index (χ1n) is 7.22. The third-order valence-electron chi connectivity index (χ3n) is 3.81. The zero-order valence-corrected chi connectivity index (χ0v) is 11.9. The number of likely N-dealkylation sites (tertiary alicyclic amines) is 1. The second kappa shape index (κ2) is 5.38. The summed E-state index contributed by atoms with van der Waals surface area (Å²) < 4.78 is 1.90. The highest BCUT2D eigenvalue weighted by Crippen LogP contribution is 2.27. The molecule has 0 bridgehead atoms. The van der Waals surface area contributed by atoms with Crippen LogP contribution in [0, 0.1) is 0 Å². The van der Waals surface area contributed by atoms with E-state index in [-0.39, 0.29) is 0 Å². The summed E-state index contributed by atoms with van der Waals surface area (Å²) in [4.78, 5) is 2.27. The highest BCUT2D eigenvalue weighted by Gasteiger charge is 2.39. The molecule has 1 aliphatic rings. The predicted octanol–water partition coefficient (Wildman–Crippen LogP) is 2.22. The Balaban J connectivity index is 1.59. The predicted molar refractivity (Wildman–Crippen MR) is 78.7 cm³/mol. The van der Waals surface area contributed by atoms with Crippen molar-refractivity contribution in [2.45, 2.75) is 31.9 Å². The minimum atomic E-state index is -0.454. The molecular weight excluding hydrogens is 250 g/mol. The van der Waals surface area contributed by atoms with Gasteiger partial charge in [-0.1, -0.05) is 31.5 Å². The first-order chi connectivity index (χ1) is 9.68. The Morgan fingerprint density at radius 2 is 2.00 bits per heavy atom. The maximum atomic E-state index is 10.2. The lowest BCUT2D eigenvalue weighted by Gasteiger charge is -2.46. The second-order valence-corrected chi connectivity index (χ2v) is 5.75.